The van der Waals surface area contributed by atoms with E-state index in [2.05, 4.69) is 10.3 Å². The monoisotopic (exact) mass is 349 g/mol. The summed E-state index contributed by atoms with van der Waals surface area (Å²) >= 11 is 0. The Labute approximate surface area is 151 Å². The minimum atomic E-state index is -0.310. The maximum Gasteiger partial charge on any atom is 0.414 e. The van der Waals surface area contributed by atoms with Crippen LogP contribution in [0.3, 0.4) is 0 Å². The van der Waals surface area contributed by atoms with Crippen molar-refractivity contribution in [3.05, 3.63) is 66.7 Å². The van der Waals surface area contributed by atoms with Crippen LogP contribution >= 0.6 is 0 Å². The second-order valence-electron chi connectivity index (χ2n) is 6.11. The third-order valence-corrected chi connectivity index (χ3v) is 4.25. The van der Waals surface area contributed by atoms with Crippen molar-refractivity contribution in [2.75, 3.05) is 23.4 Å². The van der Waals surface area contributed by atoms with E-state index in [0.717, 1.165) is 22.7 Å². The van der Waals surface area contributed by atoms with Gasteiger partial charge in [0.15, 0.2) is 5.76 Å². The number of anilines is 2. The summed E-state index contributed by atoms with van der Waals surface area (Å²) in [5.41, 5.74) is 2.68. The second-order valence-corrected chi connectivity index (χ2v) is 6.11. The Morgan fingerprint density at radius 3 is 2.77 bits per heavy atom. The highest BCUT2D eigenvalue weighted by molar-refractivity contribution is 5.89. The average molecular weight is 349 g/mol. The van der Waals surface area contributed by atoms with Crippen molar-refractivity contribution in [2.45, 2.75) is 13.0 Å². The van der Waals surface area contributed by atoms with E-state index in [9.17, 15) is 4.79 Å². The number of hydrogen-bond acceptors (Lipinski definition) is 5. The number of rotatable bonds is 5. The molecule has 0 spiro atoms. The molecule has 1 amide bonds. The van der Waals surface area contributed by atoms with Crippen molar-refractivity contribution in [1.29, 1.82) is 0 Å². The van der Waals surface area contributed by atoms with Gasteiger partial charge < -0.3 is 14.5 Å². The number of oxazole rings is 1. The van der Waals surface area contributed by atoms with Crippen molar-refractivity contribution < 1.29 is 13.9 Å². The number of cyclic esters (lactones) is 1. The van der Waals surface area contributed by atoms with E-state index in [0.29, 0.717) is 19.0 Å². The molecule has 0 radical (unpaired) electrons. The first-order valence-electron chi connectivity index (χ1n) is 8.53. The van der Waals surface area contributed by atoms with Gasteiger partial charge in [-0.1, -0.05) is 36.4 Å². The van der Waals surface area contributed by atoms with Crippen LogP contribution in [0.25, 0.3) is 11.3 Å². The highest BCUT2D eigenvalue weighted by Crippen LogP contribution is 2.27. The van der Waals surface area contributed by atoms with Crippen molar-refractivity contribution in [1.82, 2.24) is 4.98 Å². The molecule has 6 nitrogen and oxygen atoms in total. The molecule has 3 aromatic rings. The van der Waals surface area contributed by atoms with Crippen LogP contribution < -0.4 is 10.2 Å². The summed E-state index contributed by atoms with van der Waals surface area (Å²) in [6, 6.07) is 17.4. The number of nitrogens with zero attached hydrogens (tertiary/aromatic N) is 2. The summed E-state index contributed by atoms with van der Waals surface area (Å²) in [5, 5.41) is 3.37. The minimum Gasteiger partial charge on any atom is -0.447 e. The summed E-state index contributed by atoms with van der Waals surface area (Å²) in [4.78, 5) is 17.7. The van der Waals surface area contributed by atoms with Crippen LogP contribution in [-0.2, 0) is 4.74 Å². The summed E-state index contributed by atoms with van der Waals surface area (Å²) in [6.07, 6.45) is 1.43. The molecule has 1 aliphatic heterocycles. The lowest BCUT2D eigenvalue weighted by Crippen LogP contribution is -2.23. The molecule has 1 saturated heterocycles. The second kappa shape index (κ2) is 6.92. The molecule has 1 atom stereocenters. The summed E-state index contributed by atoms with van der Waals surface area (Å²) in [5.74, 6) is 1.35. The minimum absolute atomic E-state index is 0.117. The standard InChI is InChI=1S/C20H19N3O3/c1-14(19-21-13-18(26-19)15-6-3-2-4-7-15)22-16-8-5-9-17(12-16)23-10-11-25-20(23)24/h2-9,12-14,22H,10-11H2,1H3. The molecule has 1 aliphatic rings. The Morgan fingerprint density at radius 1 is 1.15 bits per heavy atom. The third kappa shape index (κ3) is 3.26. The van der Waals surface area contributed by atoms with Gasteiger partial charge in [-0.05, 0) is 25.1 Å². The molecule has 132 valence electrons. The maximum absolute atomic E-state index is 11.7. The van der Waals surface area contributed by atoms with Gasteiger partial charge in [0, 0.05) is 16.9 Å². The SMILES string of the molecule is CC(Nc1cccc(N2CCOC2=O)c1)c1ncc(-c2ccccc2)o1. The van der Waals surface area contributed by atoms with E-state index < -0.39 is 0 Å². The first-order chi connectivity index (χ1) is 12.7. The molecule has 6 heteroatoms. The molecule has 1 N–H and O–H groups in total. The highest BCUT2D eigenvalue weighted by atomic mass is 16.6. The summed E-state index contributed by atoms with van der Waals surface area (Å²) < 4.78 is 10.9. The predicted molar refractivity (Wildman–Crippen MR) is 99.1 cm³/mol. The lowest BCUT2D eigenvalue weighted by Gasteiger charge is -2.16. The molecule has 1 fully saturated rings. The van der Waals surface area contributed by atoms with Gasteiger partial charge in [-0.25, -0.2) is 9.78 Å². The molecular formula is C20H19N3O3. The number of amides is 1. The quantitative estimate of drug-likeness (QED) is 0.736. The lowest BCUT2D eigenvalue weighted by atomic mass is 10.2. The molecule has 2 aromatic carbocycles. The molecule has 26 heavy (non-hydrogen) atoms. The van der Waals surface area contributed by atoms with Gasteiger partial charge in [0.05, 0.1) is 12.7 Å². The van der Waals surface area contributed by atoms with Crippen molar-refractivity contribution in [3.8, 4) is 11.3 Å². The zero-order valence-electron chi connectivity index (χ0n) is 14.4. The Bertz CT molecular complexity index is 907. The molecule has 0 saturated carbocycles. The number of nitrogens with one attached hydrogen (secondary N) is 1. The zero-order valence-corrected chi connectivity index (χ0v) is 14.4. The Hall–Kier alpha value is -3.28. The normalized spacial score (nSPS) is 15.0. The Kier molecular flexibility index (Phi) is 4.31. The fraction of sp³-hybridized carbons (Fsp3) is 0.200. The van der Waals surface area contributed by atoms with Crippen LogP contribution in [0.1, 0.15) is 18.9 Å². The van der Waals surface area contributed by atoms with Gasteiger partial charge >= 0.3 is 6.09 Å². The van der Waals surface area contributed by atoms with E-state index in [1.807, 2.05) is 61.5 Å². The van der Waals surface area contributed by atoms with Crippen molar-refractivity contribution in [2.24, 2.45) is 0 Å². The van der Waals surface area contributed by atoms with Crippen LogP contribution in [0, 0.1) is 0 Å². The molecule has 0 aliphatic carbocycles. The van der Waals surface area contributed by atoms with E-state index in [4.69, 9.17) is 9.15 Å². The van der Waals surface area contributed by atoms with Crippen LogP contribution in [0.5, 0.6) is 0 Å². The van der Waals surface area contributed by atoms with Gasteiger partial charge in [-0.15, -0.1) is 0 Å². The van der Waals surface area contributed by atoms with Gasteiger partial charge in [0.2, 0.25) is 5.89 Å². The van der Waals surface area contributed by atoms with Crippen molar-refractivity contribution >= 4 is 17.5 Å². The largest absolute Gasteiger partial charge is 0.447 e. The number of benzene rings is 2. The molecule has 1 aromatic heterocycles. The predicted octanol–water partition coefficient (Wildman–Crippen LogP) is 4.47. The van der Waals surface area contributed by atoms with Gasteiger partial charge in [0.1, 0.15) is 12.6 Å². The van der Waals surface area contributed by atoms with Crippen LogP contribution in [0.4, 0.5) is 16.2 Å². The number of aromatic nitrogens is 1. The first kappa shape index (κ1) is 16.2. The van der Waals surface area contributed by atoms with Gasteiger partial charge in [-0.3, -0.25) is 4.90 Å². The van der Waals surface area contributed by atoms with Gasteiger partial charge in [0.25, 0.3) is 0 Å². The number of hydrogen-bond donors (Lipinski definition) is 1. The molecule has 4 rings (SSSR count). The average Bonchev–Trinajstić information content (AvgIpc) is 3.32. The van der Waals surface area contributed by atoms with Gasteiger partial charge in [-0.2, -0.15) is 0 Å². The number of carbonyl (C=O) groups is 1. The van der Waals surface area contributed by atoms with Crippen LogP contribution in [0.2, 0.25) is 0 Å². The molecular weight excluding hydrogens is 330 g/mol. The fourth-order valence-corrected chi connectivity index (χ4v) is 2.93. The van der Waals surface area contributed by atoms with E-state index in [-0.39, 0.29) is 12.1 Å². The van der Waals surface area contributed by atoms with Crippen molar-refractivity contribution in [3.63, 3.8) is 0 Å². The number of ether oxygens (including phenoxy) is 1. The number of carbonyl (C=O) groups excluding carboxylic acids is 1. The smallest absolute Gasteiger partial charge is 0.414 e. The third-order valence-electron chi connectivity index (χ3n) is 4.25. The zero-order chi connectivity index (χ0) is 17.9. The lowest BCUT2D eigenvalue weighted by molar-refractivity contribution is 0.181. The first-order valence-corrected chi connectivity index (χ1v) is 8.53. The molecule has 1 unspecified atom stereocenters. The Balaban J connectivity index is 1.49. The van der Waals surface area contributed by atoms with E-state index >= 15 is 0 Å². The highest BCUT2D eigenvalue weighted by Gasteiger charge is 2.23. The van der Waals surface area contributed by atoms with E-state index in [1.165, 1.54) is 0 Å². The van der Waals surface area contributed by atoms with Crippen LogP contribution in [-0.4, -0.2) is 24.2 Å². The topological polar surface area (TPSA) is 67.6 Å². The summed E-state index contributed by atoms with van der Waals surface area (Å²) in [7, 11) is 0. The maximum atomic E-state index is 11.7. The van der Waals surface area contributed by atoms with E-state index in [1.54, 1.807) is 11.1 Å². The molecule has 2 heterocycles. The van der Waals surface area contributed by atoms with Crippen LogP contribution in [0.15, 0.2) is 65.2 Å². The molecule has 0 bridgehead atoms. The Morgan fingerprint density at radius 2 is 2.00 bits per heavy atom. The summed E-state index contributed by atoms with van der Waals surface area (Å²) in [6.45, 7) is 2.97. The fourth-order valence-electron chi connectivity index (χ4n) is 2.93.